The van der Waals surface area contributed by atoms with Crippen LogP contribution >= 0.6 is 0 Å². The predicted molar refractivity (Wildman–Crippen MR) is 68.4 cm³/mol. The van der Waals surface area contributed by atoms with Crippen molar-refractivity contribution in [3.63, 3.8) is 0 Å². The number of anilines is 1. The van der Waals surface area contributed by atoms with Crippen molar-refractivity contribution >= 4 is 5.69 Å². The van der Waals surface area contributed by atoms with Gasteiger partial charge >= 0.3 is 0 Å². The summed E-state index contributed by atoms with van der Waals surface area (Å²) in [4.78, 5) is 4.32. The number of nitrogens with one attached hydrogen (secondary N) is 1. The molecule has 1 aliphatic rings. The summed E-state index contributed by atoms with van der Waals surface area (Å²) in [6.45, 7) is 12.1. The Bertz CT molecular complexity index is 348. The van der Waals surface area contributed by atoms with Gasteiger partial charge in [-0.05, 0) is 24.0 Å². The van der Waals surface area contributed by atoms with Crippen LogP contribution in [0.5, 0.6) is 5.88 Å². The van der Waals surface area contributed by atoms with Crippen molar-refractivity contribution in [2.45, 2.75) is 40.5 Å². The lowest BCUT2D eigenvalue weighted by atomic mass is 9.99. The smallest absolute Gasteiger partial charge is 0.237 e. The lowest BCUT2D eigenvalue weighted by Gasteiger charge is -2.22. The molecule has 1 aromatic heterocycles. The second-order valence-electron chi connectivity index (χ2n) is 3.95. The number of pyridine rings is 1. The van der Waals surface area contributed by atoms with E-state index in [1.807, 2.05) is 20.0 Å². The molecule has 90 valence electrons. The number of fused-ring (bicyclic) bond motifs is 1. The van der Waals surface area contributed by atoms with Crippen molar-refractivity contribution in [3.05, 3.63) is 17.3 Å². The molecule has 3 nitrogen and oxygen atoms in total. The van der Waals surface area contributed by atoms with E-state index in [9.17, 15) is 0 Å². The van der Waals surface area contributed by atoms with E-state index in [0.29, 0.717) is 12.5 Å². The van der Waals surface area contributed by atoms with E-state index in [1.54, 1.807) is 0 Å². The highest BCUT2D eigenvalue weighted by Gasteiger charge is 2.16. The quantitative estimate of drug-likeness (QED) is 0.791. The summed E-state index contributed by atoms with van der Waals surface area (Å²) in [5.74, 6) is 1.26. The zero-order valence-electron chi connectivity index (χ0n) is 10.9. The maximum Gasteiger partial charge on any atom is 0.237 e. The normalized spacial score (nSPS) is 13.1. The molecular weight excluding hydrogens is 200 g/mol. The van der Waals surface area contributed by atoms with Gasteiger partial charge in [0.1, 0.15) is 12.3 Å². The molecule has 0 aliphatic carbocycles. The third-order valence-electron chi connectivity index (χ3n) is 2.61. The SMILES string of the molecule is CC.Cc1c(C(C)C)cnc2c1NCCO2. The van der Waals surface area contributed by atoms with Crippen LogP contribution in [0.2, 0.25) is 0 Å². The van der Waals surface area contributed by atoms with Crippen LogP contribution < -0.4 is 10.1 Å². The standard InChI is InChI=1S/C11H16N2O.C2H6/c1-7(2)9-6-13-11-10(8(9)3)12-4-5-14-11;1-2/h6-7,12H,4-5H2,1-3H3;1-2H3. The van der Waals surface area contributed by atoms with Crippen LogP contribution in [-0.2, 0) is 0 Å². The first-order chi connectivity index (χ1) is 7.70. The van der Waals surface area contributed by atoms with Gasteiger partial charge in [0, 0.05) is 12.7 Å². The number of hydrogen-bond donors (Lipinski definition) is 1. The molecule has 0 amide bonds. The van der Waals surface area contributed by atoms with Gasteiger partial charge in [0.25, 0.3) is 0 Å². The monoisotopic (exact) mass is 222 g/mol. The summed E-state index contributed by atoms with van der Waals surface area (Å²) >= 11 is 0. The minimum atomic E-state index is 0.511. The first kappa shape index (κ1) is 12.8. The molecule has 1 N–H and O–H groups in total. The van der Waals surface area contributed by atoms with Crippen LogP contribution in [0.25, 0.3) is 0 Å². The van der Waals surface area contributed by atoms with Crippen LogP contribution in [0.4, 0.5) is 5.69 Å². The summed E-state index contributed by atoms with van der Waals surface area (Å²) in [6.07, 6.45) is 1.92. The zero-order chi connectivity index (χ0) is 12.1. The molecule has 1 aliphatic heterocycles. The molecule has 1 aromatic rings. The van der Waals surface area contributed by atoms with Crippen molar-refractivity contribution in [1.29, 1.82) is 0 Å². The Balaban J connectivity index is 0.000000606. The molecule has 0 atom stereocenters. The highest BCUT2D eigenvalue weighted by molar-refractivity contribution is 5.62. The fourth-order valence-corrected chi connectivity index (χ4v) is 1.82. The van der Waals surface area contributed by atoms with E-state index >= 15 is 0 Å². The van der Waals surface area contributed by atoms with E-state index in [4.69, 9.17) is 4.74 Å². The van der Waals surface area contributed by atoms with Crippen LogP contribution in [0.3, 0.4) is 0 Å². The van der Waals surface area contributed by atoms with Crippen molar-refractivity contribution in [2.24, 2.45) is 0 Å². The Morgan fingerprint density at radius 1 is 1.38 bits per heavy atom. The first-order valence-electron chi connectivity index (χ1n) is 6.06. The summed E-state index contributed by atoms with van der Waals surface area (Å²) in [5, 5.41) is 3.34. The average Bonchev–Trinajstić information content (AvgIpc) is 2.32. The molecule has 0 saturated heterocycles. The van der Waals surface area contributed by atoms with Gasteiger partial charge in [0.15, 0.2) is 0 Å². The maximum atomic E-state index is 5.47. The Morgan fingerprint density at radius 3 is 2.69 bits per heavy atom. The third-order valence-corrected chi connectivity index (χ3v) is 2.61. The highest BCUT2D eigenvalue weighted by atomic mass is 16.5. The van der Waals surface area contributed by atoms with Gasteiger partial charge < -0.3 is 10.1 Å². The molecule has 16 heavy (non-hydrogen) atoms. The van der Waals surface area contributed by atoms with Crippen molar-refractivity contribution < 1.29 is 4.74 Å². The molecule has 2 rings (SSSR count). The number of aromatic nitrogens is 1. The first-order valence-corrected chi connectivity index (χ1v) is 6.06. The maximum absolute atomic E-state index is 5.47. The molecule has 0 unspecified atom stereocenters. The number of hydrogen-bond acceptors (Lipinski definition) is 3. The van der Waals surface area contributed by atoms with E-state index in [1.165, 1.54) is 11.1 Å². The molecule has 3 heteroatoms. The molecule has 0 aromatic carbocycles. The van der Waals surface area contributed by atoms with Gasteiger partial charge in [-0.1, -0.05) is 27.7 Å². The lowest BCUT2D eigenvalue weighted by molar-refractivity contribution is 0.310. The van der Waals surface area contributed by atoms with Gasteiger partial charge in [-0.15, -0.1) is 0 Å². The van der Waals surface area contributed by atoms with Crippen molar-refractivity contribution in [2.75, 3.05) is 18.5 Å². The average molecular weight is 222 g/mol. The Kier molecular flexibility index (Phi) is 4.59. The van der Waals surface area contributed by atoms with E-state index < -0.39 is 0 Å². The molecule has 0 fully saturated rings. The van der Waals surface area contributed by atoms with Gasteiger partial charge in [-0.2, -0.15) is 0 Å². The van der Waals surface area contributed by atoms with Gasteiger partial charge in [-0.3, -0.25) is 0 Å². The fourth-order valence-electron chi connectivity index (χ4n) is 1.82. The molecule has 0 saturated carbocycles. The second kappa shape index (κ2) is 5.73. The van der Waals surface area contributed by atoms with Crippen LogP contribution in [0.15, 0.2) is 6.20 Å². The zero-order valence-corrected chi connectivity index (χ0v) is 10.9. The fraction of sp³-hybridized carbons (Fsp3) is 0.615. The van der Waals surface area contributed by atoms with Crippen molar-refractivity contribution in [1.82, 2.24) is 4.98 Å². The van der Waals surface area contributed by atoms with Gasteiger partial charge in [0.2, 0.25) is 5.88 Å². The summed E-state index contributed by atoms with van der Waals surface area (Å²) in [6, 6.07) is 0. The second-order valence-corrected chi connectivity index (χ2v) is 3.95. The number of ether oxygens (including phenoxy) is 1. The van der Waals surface area contributed by atoms with Crippen LogP contribution in [0, 0.1) is 6.92 Å². The minimum Gasteiger partial charge on any atom is -0.474 e. The summed E-state index contributed by atoms with van der Waals surface area (Å²) < 4.78 is 5.47. The Morgan fingerprint density at radius 2 is 2.06 bits per heavy atom. The van der Waals surface area contributed by atoms with E-state index in [2.05, 4.69) is 31.1 Å². The van der Waals surface area contributed by atoms with E-state index in [-0.39, 0.29) is 0 Å². The highest BCUT2D eigenvalue weighted by Crippen LogP contribution is 2.32. The lowest BCUT2D eigenvalue weighted by Crippen LogP contribution is -2.20. The summed E-state index contributed by atoms with van der Waals surface area (Å²) in [5.41, 5.74) is 3.63. The topological polar surface area (TPSA) is 34.2 Å². The summed E-state index contributed by atoms with van der Waals surface area (Å²) in [7, 11) is 0. The van der Waals surface area contributed by atoms with Crippen molar-refractivity contribution in [3.8, 4) is 5.88 Å². The molecular formula is C13H22N2O. The third kappa shape index (κ3) is 2.46. The Hall–Kier alpha value is -1.25. The predicted octanol–water partition coefficient (Wildman–Crippen LogP) is 3.34. The molecule has 0 bridgehead atoms. The molecule has 2 heterocycles. The molecule has 0 spiro atoms. The number of rotatable bonds is 1. The Labute approximate surface area is 98.2 Å². The van der Waals surface area contributed by atoms with E-state index in [0.717, 1.165) is 18.1 Å². The van der Waals surface area contributed by atoms with Gasteiger partial charge in [-0.25, -0.2) is 4.98 Å². The number of nitrogens with zero attached hydrogens (tertiary/aromatic N) is 1. The minimum absolute atomic E-state index is 0.511. The van der Waals surface area contributed by atoms with Crippen LogP contribution in [0.1, 0.15) is 44.7 Å². The largest absolute Gasteiger partial charge is 0.474 e. The van der Waals surface area contributed by atoms with Crippen LogP contribution in [-0.4, -0.2) is 18.1 Å². The molecule has 0 radical (unpaired) electrons. The van der Waals surface area contributed by atoms with Gasteiger partial charge in [0.05, 0.1) is 0 Å².